The quantitative estimate of drug-likeness (QED) is 0.725. The summed E-state index contributed by atoms with van der Waals surface area (Å²) < 4.78 is 19.1. The fraction of sp³-hybridized carbons (Fsp3) is 0.375. The topological polar surface area (TPSA) is 67.2 Å². The smallest absolute Gasteiger partial charge is 0.257 e. The summed E-state index contributed by atoms with van der Waals surface area (Å²) >= 11 is 6.05. The largest absolute Gasteiger partial charge is 0.360 e. The Hall–Kier alpha value is -1.63. The van der Waals surface area contributed by atoms with E-state index in [0.29, 0.717) is 18.8 Å². The minimum Gasteiger partial charge on any atom is -0.360 e. The summed E-state index contributed by atoms with van der Waals surface area (Å²) in [7, 11) is 0. The van der Waals surface area contributed by atoms with Crippen LogP contribution in [0.15, 0.2) is 22.7 Å². The molecular formula is C16H20Cl2FN3O2. The lowest BCUT2D eigenvalue weighted by molar-refractivity contribution is 0.0953. The van der Waals surface area contributed by atoms with Crippen LogP contribution in [0.3, 0.4) is 0 Å². The van der Waals surface area contributed by atoms with Gasteiger partial charge in [-0.3, -0.25) is 4.79 Å². The average Bonchev–Trinajstić information content (AvgIpc) is 2.88. The summed E-state index contributed by atoms with van der Waals surface area (Å²) in [6.07, 6.45) is 1.02. The maximum Gasteiger partial charge on any atom is 0.257 e. The molecule has 0 unspecified atom stereocenters. The van der Waals surface area contributed by atoms with E-state index in [4.69, 9.17) is 16.1 Å². The van der Waals surface area contributed by atoms with Crippen LogP contribution in [0.2, 0.25) is 5.02 Å². The molecule has 2 aromatic rings. The van der Waals surface area contributed by atoms with Crippen molar-refractivity contribution in [2.45, 2.75) is 20.3 Å². The first-order valence-corrected chi connectivity index (χ1v) is 7.83. The highest BCUT2D eigenvalue weighted by Crippen LogP contribution is 2.33. The van der Waals surface area contributed by atoms with Crippen molar-refractivity contribution in [2.24, 2.45) is 0 Å². The predicted octanol–water partition coefficient (Wildman–Crippen LogP) is 3.59. The van der Waals surface area contributed by atoms with Gasteiger partial charge in [0.2, 0.25) is 0 Å². The summed E-state index contributed by atoms with van der Waals surface area (Å²) in [5, 5.41) is 9.94. The normalized spacial score (nSPS) is 10.3. The molecule has 2 rings (SSSR count). The number of carbonyl (C=O) groups excluding carboxylic acids is 1. The predicted molar refractivity (Wildman–Crippen MR) is 94.4 cm³/mol. The molecule has 0 radical (unpaired) electrons. The Bertz CT molecular complexity index is 672. The molecule has 0 aliphatic heterocycles. The fourth-order valence-electron chi connectivity index (χ4n) is 2.19. The number of benzene rings is 1. The number of hydrogen-bond donors (Lipinski definition) is 2. The molecule has 0 atom stereocenters. The number of aryl methyl sites for hydroxylation is 1. The van der Waals surface area contributed by atoms with Crippen LogP contribution in [0.5, 0.6) is 0 Å². The van der Waals surface area contributed by atoms with Gasteiger partial charge in [0, 0.05) is 13.1 Å². The van der Waals surface area contributed by atoms with Gasteiger partial charge in [0.1, 0.15) is 22.8 Å². The molecule has 1 aromatic carbocycles. The van der Waals surface area contributed by atoms with E-state index < -0.39 is 5.82 Å². The summed E-state index contributed by atoms with van der Waals surface area (Å²) in [5.74, 6) is -0.598. The second-order valence-corrected chi connectivity index (χ2v) is 5.47. The number of aromatic nitrogens is 1. The molecule has 0 fully saturated rings. The van der Waals surface area contributed by atoms with Crippen molar-refractivity contribution in [1.29, 1.82) is 0 Å². The number of hydrogen-bond acceptors (Lipinski definition) is 4. The fourth-order valence-corrected chi connectivity index (χ4v) is 2.44. The summed E-state index contributed by atoms with van der Waals surface area (Å²) in [5.41, 5.74) is 0.386. The van der Waals surface area contributed by atoms with Gasteiger partial charge in [0.25, 0.3) is 5.91 Å². The van der Waals surface area contributed by atoms with Crippen molar-refractivity contribution in [3.05, 3.63) is 40.4 Å². The molecule has 1 heterocycles. The molecule has 132 valence electrons. The Balaban J connectivity index is 0.00000288. The van der Waals surface area contributed by atoms with Crippen LogP contribution in [-0.4, -0.2) is 30.7 Å². The molecule has 0 spiro atoms. The van der Waals surface area contributed by atoms with E-state index >= 15 is 0 Å². The van der Waals surface area contributed by atoms with Gasteiger partial charge in [0.05, 0.1) is 10.6 Å². The molecule has 24 heavy (non-hydrogen) atoms. The van der Waals surface area contributed by atoms with Crippen molar-refractivity contribution in [3.63, 3.8) is 0 Å². The second kappa shape index (κ2) is 9.61. The lowest BCUT2D eigenvalue weighted by Crippen LogP contribution is -2.32. The number of nitrogens with zero attached hydrogens (tertiary/aromatic N) is 1. The molecule has 1 aromatic heterocycles. The first kappa shape index (κ1) is 20.4. The summed E-state index contributed by atoms with van der Waals surface area (Å²) in [6, 6.07) is 4.30. The van der Waals surface area contributed by atoms with Gasteiger partial charge < -0.3 is 15.2 Å². The van der Waals surface area contributed by atoms with Crippen molar-refractivity contribution in [3.8, 4) is 11.3 Å². The molecule has 1 amide bonds. The SMILES string of the molecule is CCCNCCNC(=O)c1c(-c2c(F)cccc2Cl)noc1C.Cl. The zero-order chi connectivity index (χ0) is 16.8. The van der Waals surface area contributed by atoms with E-state index in [0.717, 1.165) is 13.0 Å². The van der Waals surface area contributed by atoms with Crippen LogP contribution in [0.1, 0.15) is 29.5 Å². The van der Waals surface area contributed by atoms with Crippen LogP contribution in [0.4, 0.5) is 4.39 Å². The third-order valence-corrected chi connectivity index (χ3v) is 3.62. The third kappa shape index (κ3) is 4.69. The van der Waals surface area contributed by atoms with Crippen LogP contribution < -0.4 is 10.6 Å². The van der Waals surface area contributed by atoms with Gasteiger partial charge in [-0.15, -0.1) is 12.4 Å². The van der Waals surface area contributed by atoms with Crippen LogP contribution in [0.25, 0.3) is 11.3 Å². The molecule has 8 heteroatoms. The van der Waals surface area contributed by atoms with Gasteiger partial charge in [-0.25, -0.2) is 4.39 Å². The minimum atomic E-state index is -0.551. The second-order valence-electron chi connectivity index (χ2n) is 5.06. The molecule has 2 N–H and O–H groups in total. The van der Waals surface area contributed by atoms with Gasteiger partial charge in [-0.1, -0.05) is 29.7 Å². The zero-order valence-corrected chi connectivity index (χ0v) is 15.1. The van der Waals surface area contributed by atoms with Crippen molar-refractivity contribution < 1.29 is 13.7 Å². The Labute approximate surface area is 151 Å². The minimum absolute atomic E-state index is 0. The Morgan fingerprint density at radius 2 is 2.08 bits per heavy atom. The lowest BCUT2D eigenvalue weighted by atomic mass is 10.0. The zero-order valence-electron chi connectivity index (χ0n) is 13.5. The molecule has 5 nitrogen and oxygen atoms in total. The number of carbonyl (C=O) groups is 1. The maximum absolute atomic E-state index is 14.1. The van der Waals surface area contributed by atoms with E-state index in [1.807, 2.05) is 0 Å². The highest BCUT2D eigenvalue weighted by atomic mass is 35.5. The van der Waals surface area contributed by atoms with E-state index in [-0.39, 0.29) is 40.2 Å². The van der Waals surface area contributed by atoms with E-state index in [1.165, 1.54) is 12.1 Å². The van der Waals surface area contributed by atoms with Gasteiger partial charge >= 0.3 is 0 Å². The van der Waals surface area contributed by atoms with Crippen molar-refractivity contribution in [1.82, 2.24) is 15.8 Å². The molecule has 0 saturated heterocycles. The van der Waals surface area contributed by atoms with E-state index in [9.17, 15) is 9.18 Å². The molecule has 0 aliphatic carbocycles. The first-order chi connectivity index (χ1) is 11.1. The number of amides is 1. The Morgan fingerprint density at radius 3 is 2.75 bits per heavy atom. The number of nitrogens with one attached hydrogen (secondary N) is 2. The van der Waals surface area contributed by atoms with E-state index in [1.54, 1.807) is 13.0 Å². The lowest BCUT2D eigenvalue weighted by Gasteiger charge is -2.08. The van der Waals surface area contributed by atoms with Crippen LogP contribution >= 0.6 is 24.0 Å². The molecule has 0 aliphatic rings. The average molecular weight is 376 g/mol. The standard InChI is InChI=1S/C16H19ClFN3O2.ClH/c1-3-7-19-8-9-20-16(22)13-10(2)23-21-15(13)14-11(17)5-4-6-12(14)18;/h4-6,19H,3,7-9H2,1-2H3,(H,20,22);1H. The number of rotatable bonds is 7. The maximum atomic E-state index is 14.1. The van der Waals surface area contributed by atoms with Gasteiger partial charge in [-0.05, 0) is 32.0 Å². The summed E-state index contributed by atoms with van der Waals surface area (Å²) in [6.45, 7) is 5.66. The monoisotopic (exact) mass is 375 g/mol. The highest BCUT2D eigenvalue weighted by Gasteiger charge is 2.25. The molecular weight excluding hydrogens is 356 g/mol. The highest BCUT2D eigenvalue weighted by molar-refractivity contribution is 6.33. The Kier molecular flexibility index (Phi) is 8.18. The first-order valence-electron chi connectivity index (χ1n) is 7.45. The van der Waals surface area contributed by atoms with E-state index in [2.05, 4.69) is 22.7 Å². The van der Waals surface area contributed by atoms with Crippen LogP contribution in [0, 0.1) is 12.7 Å². The van der Waals surface area contributed by atoms with Gasteiger partial charge in [0.15, 0.2) is 0 Å². The van der Waals surface area contributed by atoms with Crippen molar-refractivity contribution >= 4 is 29.9 Å². The van der Waals surface area contributed by atoms with Crippen molar-refractivity contribution in [2.75, 3.05) is 19.6 Å². The van der Waals surface area contributed by atoms with Crippen LogP contribution in [-0.2, 0) is 0 Å². The van der Waals surface area contributed by atoms with Gasteiger partial charge in [-0.2, -0.15) is 0 Å². The number of halogens is 3. The molecule has 0 saturated carbocycles. The summed E-state index contributed by atoms with van der Waals surface area (Å²) in [4.78, 5) is 12.4. The third-order valence-electron chi connectivity index (χ3n) is 3.30. The molecule has 0 bridgehead atoms. The Morgan fingerprint density at radius 1 is 1.33 bits per heavy atom.